The highest BCUT2D eigenvalue weighted by atomic mass is 127. The first-order valence-electron chi connectivity index (χ1n) is 10.7. The van der Waals surface area contributed by atoms with Gasteiger partial charge in [-0.05, 0) is 45.1 Å². The predicted molar refractivity (Wildman–Crippen MR) is 126 cm³/mol. The van der Waals surface area contributed by atoms with E-state index < -0.39 is 0 Å². The number of nitrogens with one attached hydrogen (secondary N) is 2. The van der Waals surface area contributed by atoms with Gasteiger partial charge in [-0.15, -0.1) is 24.0 Å². The summed E-state index contributed by atoms with van der Waals surface area (Å²) < 4.78 is 5.79. The molecule has 28 heavy (non-hydrogen) atoms. The smallest absolute Gasteiger partial charge is 0.243 e. The molecule has 1 amide bonds. The van der Waals surface area contributed by atoms with Gasteiger partial charge in [-0.25, -0.2) is 4.99 Å². The second-order valence-corrected chi connectivity index (χ2v) is 7.84. The summed E-state index contributed by atoms with van der Waals surface area (Å²) in [5, 5.41) is 6.79. The van der Waals surface area contributed by atoms with Crippen LogP contribution in [0.25, 0.3) is 0 Å². The number of likely N-dealkylation sites (tertiary alicyclic amines) is 1. The lowest BCUT2D eigenvalue weighted by Crippen LogP contribution is -2.47. The molecule has 0 aromatic carbocycles. The SMILES string of the molecule is CCC1CCCCN1CCNC(=NCC(=O)N(C)C)NCC1CCCCO1.I. The van der Waals surface area contributed by atoms with Gasteiger partial charge in [0, 0.05) is 46.4 Å². The molecule has 0 bridgehead atoms. The third-order valence-electron chi connectivity index (χ3n) is 5.55. The maximum absolute atomic E-state index is 11.9. The second kappa shape index (κ2) is 14.4. The molecule has 0 radical (unpaired) electrons. The van der Waals surface area contributed by atoms with Crippen LogP contribution in [0.15, 0.2) is 4.99 Å². The largest absolute Gasteiger partial charge is 0.376 e. The van der Waals surface area contributed by atoms with Gasteiger partial charge in [0.15, 0.2) is 5.96 Å². The molecule has 2 aliphatic rings. The quantitative estimate of drug-likeness (QED) is 0.298. The highest BCUT2D eigenvalue weighted by molar-refractivity contribution is 14.0. The van der Waals surface area contributed by atoms with Gasteiger partial charge in [0.05, 0.1) is 6.10 Å². The van der Waals surface area contributed by atoms with Crippen molar-refractivity contribution in [2.75, 3.05) is 53.4 Å². The average Bonchev–Trinajstić information content (AvgIpc) is 2.70. The summed E-state index contributed by atoms with van der Waals surface area (Å²) >= 11 is 0. The van der Waals surface area contributed by atoms with E-state index in [1.165, 1.54) is 38.6 Å². The van der Waals surface area contributed by atoms with E-state index in [1.807, 2.05) is 0 Å². The Morgan fingerprint density at radius 3 is 2.64 bits per heavy atom. The molecule has 0 aromatic heterocycles. The molecule has 2 heterocycles. The van der Waals surface area contributed by atoms with Crippen LogP contribution >= 0.6 is 24.0 Å². The van der Waals surface area contributed by atoms with Gasteiger partial charge in [-0.1, -0.05) is 13.3 Å². The van der Waals surface area contributed by atoms with Gasteiger partial charge in [0.1, 0.15) is 6.54 Å². The minimum absolute atomic E-state index is 0. The van der Waals surface area contributed by atoms with E-state index in [0.29, 0.717) is 12.0 Å². The first-order valence-corrected chi connectivity index (χ1v) is 10.7. The molecule has 0 aromatic rings. The Labute approximate surface area is 188 Å². The summed E-state index contributed by atoms with van der Waals surface area (Å²) in [4.78, 5) is 20.5. The normalized spacial score (nSPS) is 23.6. The Morgan fingerprint density at radius 1 is 1.18 bits per heavy atom. The Hall–Kier alpha value is -0.610. The number of nitrogens with zero attached hydrogens (tertiary/aromatic N) is 3. The van der Waals surface area contributed by atoms with Crippen molar-refractivity contribution in [3.63, 3.8) is 0 Å². The number of rotatable bonds is 8. The summed E-state index contributed by atoms with van der Waals surface area (Å²) in [6, 6.07) is 0.708. The van der Waals surface area contributed by atoms with E-state index in [0.717, 1.165) is 39.1 Å². The van der Waals surface area contributed by atoms with Gasteiger partial charge >= 0.3 is 0 Å². The number of piperidine rings is 1. The van der Waals surface area contributed by atoms with Crippen molar-refractivity contribution in [2.45, 2.75) is 64.0 Å². The van der Waals surface area contributed by atoms with Gasteiger partial charge < -0.3 is 20.3 Å². The molecule has 164 valence electrons. The summed E-state index contributed by atoms with van der Waals surface area (Å²) in [5.41, 5.74) is 0. The molecule has 2 saturated heterocycles. The van der Waals surface area contributed by atoms with Crippen molar-refractivity contribution < 1.29 is 9.53 Å². The van der Waals surface area contributed by atoms with Crippen LogP contribution in [0.5, 0.6) is 0 Å². The summed E-state index contributed by atoms with van der Waals surface area (Å²) in [5.74, 6) is 0.719. The van der Waals surface area contributed by atoms with Crippen molar-refractivity contribution in [2.24, 2.45) is 4.99 Å². The van der Waals surface area contributed by atoms with E-state index >= 15 is 0 Å². The Bertz CT molecular complexity index is 470. The van der Waals surface area contributed by atoms with Crippen molar-refractivity contribution in [3.8, 4) is 0 Å². The molecule has 2 atom stereocenters. The number of aliphatic imine (C=N–C) groups is 1. The maximum Gasteiger partial charge on any atom is 0.243 e. The molecule has 8 heteroatoms. The number of ether oxygens (including phenoxy) is 1. The van der Waals surface area contributed by atoms with E-state index in [9.17, 15) is 4.79 Å². The molecular formula is C20H40IN5O2. The van der Waals surface area contributed by atoms with Crippen LogP contribution in [0.1, 0.15) is 51.9 Å². The number of amides is 1. The molecule has 2 aliphatic heterocycles. The zero-order valence-electron chi connectivity index (χ0n) is 17.9. The van der Waals surface area contributed by atoms with Crippen molar-refractivity contribution in [1.29, 1.82) is 0 Å². The fourth-order valence-corrected chi connectivity index (χ4v) is 3.78. The van der Waals surface area contributed by atoms with E-state index in [2.05, 4.69) is 27.4 Å². The number of carbonyl (C=O) groups excluding carboxylic acids is 1. The highest BCUT2D eigenvalue weighted by Gasteiger charge is 2.20. The van der Waals surface area contributed by atoms with Gasteiger partial charge in [0.2, 0.25) is 5.91 Å². The van der Waals surface area contributed by atoms with Crippen LogP contribution < -0.4 is 10.6 Å². The maximum atomic E-state index is 11.9. The lowest BCUT2D eigenvalue weighted by atomic mass is 10.0. The fourth-order valence-electron chi connectivity index (χ4n) is 3.78. The minimum Gasteiger partial charge on any atom is -0.376 e. The molecule has 2 rings (SSSR count). The zero-order valence-corrected chi connectivity index (χ0v) is 20.2. The molecule has 2 fully saturated rings. The van der Waals surface area contributed by atoms with Crippen LogP contribution in [0.3, 0.4) is 0 Å². The monoisotopic (exact) mass is 509 g/mol. The molecular weight excluding hydrogens is 469 g/mol. The average molecular weight is 509 g/mol. The fraction of sp³-hybridized carbons (Fsp3) is 0.900. The number of likely N-dealkylation sites (N-methyl/N-ethyl adjacent to an activating group) is 1. The van der Waals surface area contributed by atoms with Crippen LogP contribution in [0, 0.1) is 0 Å². The van der Waals surface area contributed by atoms with Crippen molar-refractivity contribution in [3.05, 3.63) is 0 Å². The van der Waals surface area contributed by atoms with Gasteiger partial charge in [-0.2, -0.15) is 0 Å². The lowest BCUT2D eigenvalue weighted by molar-refractivity contribution is -0.127. The predicted octanol–water partition coefficient (Wildman–Crippen LogP) is 2.06. The molecule has 7 nitrogen and oxygen atoms in total. The highest BCUT2D eigenvalue weighted by Crippen LogP contribution is 2.18. The molecule has 2 N–H and O–H groups in total. The molecule has 2 unspecified atom stereocenters. The van der Waals surface area contributed by atoms with Crippen LogP contribution in [-0.2, 0) is 9.53 Å². The summed E-state index contributed by atoms with van der Waals surface area (Å²) in [7, 11) is 3.52. The van der Waals surface area contributed by atoms with E-state index in [-0.39, 0.29) is 42.5 Å². The standard InChI is InChI=1S/C20H39N5O2.HI/c1-4-17-9-5-7-12-25(17)13-11-21-20(23-16-19(26)24(2)3)22-15-18-10-6-8-14-27-18;/h17-18H,4-16H2,1-3H3,(H2,21,22,23);1H. The summed E-state index contributed by atoms with van der Waals surface area (Å²) in [6.07, 6.45) is 8.88. The number of hydrogen-bond acceptors (Lipinski definition) is 4. The number of hydrogen-bond donors (Lipinski definition) is 2. The Balaban J connectivity index is 0.00000392. The van der Waals surface area contributed by atoms with Crippen LogP contribution in [0.2, 0.25) is 0 Å². The third-order valence-corrected chi connectivity index (χ3v) is 5.55. The lowest BCUT2D eigenvalue weighted by Gasteiger charge is -2.35. The van der Waals surface area contributed by atoms with Crippen molar-refractivity contribution >= 4 is 35.8 Å². The van der Waals surface area contributed by atoms with Crippen LogP contribution in [0.4, 0.5) is 0 Å². The number of guanidine groups is 1. The zero-order chi connectivity index (χ0) is 19.5. The minimum atomic E-state index is 0. The third kappa shape index (κ3) is 9.26. The molecule has 0 spiro atoms. The first kappa shape index (κ1) is 25.4. The summed E-state index contributed by atoms with van der Waals surface area (Å²) in [6.45, 7) is 7.07. The van der Waals surface area contributed by atoms with E-state index in [1.54, 1.807) is 19.0 Å². The van der Waals surface area contributed by atoms with Crippen LogP contribution in [-0.4, -0.2) is 87.2 Å². The molecule has 0 aliphatic carbocycles. The van der Waals surface area contributed by atoms with Gasteiger partial charge in [-0.3, -0.25) is 9.69 Å². The van der Waals surface area contributed by atoms with Gasteiger partial charge in [0.25, 0.3) is 0 Å². The Morgan fingerprint density at radius 2 is 1.96 bits per heavy atom. The first-order chi connectivity index (χ1) is 13.1. The number of halogens is 1. The topological polar surface area (TPSA) is 69.2 Å². The number of carbonyl (C=O) groups is 1. The van der Waals surface area contributed by atoms with Crippen molar-refractivity contribution in [1.82, 2.24) is 20.4 Å². The molecule has 0 saturated carbocycles. The Kier molecular flexibility index (Phi) is 13.1. The van der Waals surface area contributed by atoms with E-state index in [4.69, 9.17) is 4.74 Å². The second-order valence-electron chi connectivity index (χ2n) is 7.84.